The summed E-state index contributed by atoms with van der Waals surface area (Å²) in [5.74, 6) is 0.564. The molecule has 2 rings (SSSR count). The lowest BCUT2D eigenvalue weighted by molar-refractivity contribution is -0.123. The smallest absolute Gasteiger partial charge is 0.230 e. The molecule has 5 heteroatoms. The predicted molar refractivity (Wildman–Crippen MR) is 95.4 cm³/mol. The van der Waals surface area contributed by atoms with E-state index >= 15 is 0 Å². The number of anilines is 1. The van der Waals surface area contributed by atoms with E-state index in [1.54, 1.807) is 4.68 Å². The summed E-state index contributed by atoms with van der Waals surface area (Å²) >= 11 is 6.31. The van der Waals surface area contributed by atoms with Gasteiger partial charge in [-0.15, -0.1) is 0 Å². The van der Waals surface area contributed by atoms with Gasteiger partial charge in [0.05, 0.1) is 16.4 Å². The van der Waals surface area contributed by atoms with Crippen molar-refractivity contribution in [2.24, 2.45) is 5.41 Å². The molecule has 0 saturated heterocycles. The number of rotatable bonds is 2. The fourth-order valence-electron chi connectivity index (χ4n) is 1.95. The summed E-state index contributed by atoms with van der Waals surface area (Å²) < 4.78 is 1.70. The third-order valence-electron chi connectivity index (χ3n) is 3.48. The van der Waals surface area contributed by atoms with Crippen molar-refractivity contribution in [3.05, 3.63) is 41.0 Å². The number of para-hydroxylation sites is 1. The molecule has 1 amide bonds. The molecule has 0 spiro atoms. The van der Waals surface area contributed by atoms with Crippen LogP contribution in [-0.4, -0.2) is 15.7 Å². The molecular weight excluding hydrogens is 310 g/mol. The second-order valence-corrected chi connectivity index (χ2v) is 8.14. The van der Waals surface area contributed by atoms with Crippen molar-refractivity contribution in [2.45, 2.75) is 47.0 Å². The van der Waals surface area contributed by atoms with Crippen molar-refractivity contribution in [1.82, 2.24) is 9.78 Å². The molecule has 1 aromatic heterocycles. The number of benzene rings is 1. The average Bonchev–Trinajstić information content (AvgIpc) is 2.82. The number of halogens is 1. The number of carbonyl (C=O) groups excluding carboxylic acids is 1. The van der Waals surface area contributed by atoms with E-state index in [0.717, 1.165) is 11.4 Å². The molecule has 124 valence electrons. The zero-order valence-corrected chi connectivity index (χ0v) is 15.3. The molecule has 0 aliphatic heterocycles. The van der Waals surface area contributed by atoms with Gasteiger partial charge in [-0.25, -0.2) is 4.68 Å². The van der Waals surface area contributed by atoms with Crippen LogP contribution in [0.2, 0.25) is 5.02 Å². The van der Waals surface area contributed by atoms with E-state index in [-0.39, 0.29) is 11.3 Å². The molecule has 0 unspecified atom stereocenters. The minimum atomic E-state index is -0.489. The molecule has 1 N–H and O–H groups in total. The third kappa shape index (κ3) is 3.94. The van der Waals surface area contributed by atoms with E-state index < -0.39 is 5.41 Å². The van der Waals surface area contributed by atoms with E-state index in [1.165, 1.54) is 0 Å². The van der Waals surface area contributed by atoms with Gasteiger partial charge in [-0.1, -0.05) is 65.3 Å². The first kappa shape index (κ1) is 17.5. The van der Waals surface area contributed by atoms with Crippen molar-refractivity contribution in [2.75, 3.05) is 5.32 Å². The molecule has 0 atom stereocenters. The zero-order chi connectivity index (χ0) is 17.4. The Morgan fingerprint density at radius 2 is 1.74 bits per heavy atom. The minimum Gasteiger partial charge on any atom is -0.310 e. The van der Waals surface area contributed by atoms with E-state index in [9.17, 15) is 4.79 Å². The fraction of sp³-hybridized carbons (Fsp3) is 0.444. The van der Waals surface area contributed by atoms with Gasteiger partial charge in [0.15, 0.2) is 0 Å². The van der Waals surface area contributed by atoms with E-state index in [4.69, 9.17) is 11.6 Å². The van der Waals surface area contributed by atoms with E-state index in [0.29, 0.717) is 10.8 Å². The highest BCUT2D eigenvalue weighted by Crippen LogP contribution is 2.29. The Hall–Kier alpha value is -1.81. The molecule has 1 heterocycles. The Labute approximate surface area is 142 Å². The topological polar surface area (TPSA) is 46.9 Å². The summed E-state index contributed by atoms with van der Waals surface area (Å²) in [6.45, 7) is 11.9. The second-order valence-electron chi connectivity index (χ2n) is 7.73. The van der Waals surface area contributed by atoms with Gasteiger partial charge in [0.25, 0.3) is 0 Å². The predicted octanol–water partition coefficient (Wildman–Crippen LogP) is 4.81. The van der Waals surface area contributed by atoms with Crippen molar-refractivity contribution >= 4 is 23.3 Å². The van der Waals surface area contributed by atoms with Gasteiger partial charge in [-0.05, 0) is 12.1 Å². The maximum absolute atomic E-state index is 12.4. The maximum atomic E-state index is 12.4. The summed E-state index contributed by atoms with van der Waals surface area (Å²) in [4.78, 5) is 12.4. The summed E-state index contributed by atoms with van der Waals surface area (Å²) in [6, 6.07) is 9.37. The van der Waals surface area contributed by atoms with Crippen LogP contribution in [0.5, 0.6) is 0 Å². The second kappa shape index (κ2) is 6.00. The lowest BCUT2D eigenvalue weighted by atomic mass is 9.92. The van der Waals surface area contributed by atoms with Crippen LogP contribution >= 0.6 is 11.6 Å². The molecule has 2 aromatic rings. The Balaban J connectivity index is 2.54. The molecule has 4 nitrogen and oxygen atoms in total. The first-order chi connectivity index (χ1) is 10.5. The van der Waals surface area contributed by atoms with Crippen LogP contribution in [0.1, 0.15) is 47.2 Å². The van der Waals surface area contributed by atoms with E-state index in [1.807, 2.05) is 51.1 Å². The Bertz CT molecular complexity index is 721. The molecular formula is C18H24ClN3O. The standard InChI is InChI=1S/C18H24ClN3O/c1-17(2,3)14-11-15(20-16(23)18(4,5)6)22(21-14)13-10-8-7-9-12(13)19/h7-11H,1-6H3,(H,20,23). The van der Waals surface area contributed by atoms with Gasteiger partial charge in [0.2, 0.25) is 5.91 Å². The molecule has 1 aromatic carbocycles. The first-order valence-corrected chi connectivity index (χ1v) is 8.05. The van der Waals surface area contributed by atoms with Gasteiger partial charge in [-0.2, -0.15) is 5.10 Å². The Morgan fingerprint density at radius 3 is 2.26 bits per heavy atom. The van der Waals surface area contributed by atoms with Crippen molar-refractivity contribution in [3.8, 4) is 5.69 Å². The number of nitrogens with zero attached hydrogens (tertiary/aromatic N) is 2. The molecule has 0 saturated carbocycles. The summed E-state index contributed by atoms with van der Waals surface area (Å²) in [5.41, 5.74) is 1.01. The molecule has 0 bridgehead atoms. The molecule has 0 aliphatic carbocycles. The summed E-state index contributed by atoms with van der Waals surface area (Å²) in [5, 5.41) is 8.22. The van der Waals surface area contributed by atoms with Crippen LogP contribution in [0.3, 0.4) is 0 Å². The number of nitrogens with one attached hydrogen (secondary N) is 1. The lowest BCUT2D eigenvalue weighted by Crippen LogP contribution is -2.28. The number of carbonyl (C=O) groups is 1. The number of aromatic nitrogens is 2. The normalized spacial score (nSPS) is 12.3. The molecule has 0 aliphatic rings. The Morgan fingerprint density at radius 1 is 1.13 bits per heavy atom. The third-order valence-corrected chi connectivity index (χ3v) is 3.80. The van der Waals surface area contributed by atoms with Crippen LogP contribution in [0.15, 0.2) is 30.3 Å². The van der Waals surface area contributed by atoms with Crippen LogP contribution in [0, 0.1) is 5.41 Å². The van der Waals surface area contributed by atoms with Crippen molar-refractivity contribution in [3.63, 3.8) is 0 Å². The maximum Gasteiger partial charge on any atom is 0.230 e. The molecule has 0 radical (unpaired) electrons. The van der Waals surface area contributed by atoms with Gasteiger partial charge >= 0.3 is 0 Å². The number of hydrogen-bond donors (Lipinski definition) is 1. The SMILES string of the molecule is CC(C)(C)C(=O)Nc1cc(C(C)(C)C)nn1-c1ccccc1Cl. The number of hydrogen-bond acceptors (Lipinski definition) is 2. The Kier molecular flexibility index (Phi) is 4.58. The fourth-order valence-corrected chi connectivity index (χ4v) is 2.16. The van der Waals surface area contributed by atoms with Crippen LogP contribution in [-0.2, 0) is 10.2 Å². The lowest BCUT2D eigenvalue weighted by Gasteiger charge is -2.18. The minimum absolute atomic E-state index is 0.0637. The summed E-state index contributed by atoms with van der Waals surface area (Å²) in [7, 11) is 0. The average molecular weight is 334 g/mol. The molecule has 23 heavy (non-hydrogen) atoms. The van der Waals surface area contributed by atoms with E-state index in [2.05, 4.69) is 31.2 Å². The zero-order valence-electron chi connectivity index (χ0n) is 14.6. The number of amides is 1. The highest BCUT2D eigenvalue weighted by Gasteiger charge is 2.26. The van der Waals surface area contributed by atoms with Crippen molar-refractivity contribution in [1.29, 1.82) is 0 Å². The van der Waals surface area contributed by atoms with Gasteiger partial charge < -0.3 is 5.32 Å². The van der Waals surface area contributed by atoms with Gasteiger partial charge in [-0.3, -0.25) is 4.79 Å². The van der Waals surface area contributed by atoms with Crippen LogP contribution < -0.4 is 5.32 Å². The largest absolute Gasteiger partial charge is 0.310 e. The van der Waals surface area contributed by atoms with Gasteiger partial charge in [0, 0.05) is 16.9 Å². The first-order valence-electron chi connectivity index (χ1n) is 7.67. The van der Waals surface area contributed by atoms with Crippen molar-refractivity contribution < 1.29 is 4.79 Å². The van der Waals surface area contributed by atoms with Gasteiger partial charge in [0.1, 0.15) is 5.82 Å². The van der Waals surface area contributed by atoms with Crippen LogP contribution in [0.25, 0.3) is 5.69 Å². The monoisotopic (exact) mass is 333 g/mol. The quantitative estimate of drug-likeness (QED) is 0.857. The highest BCUT2D eigenvalue weighted by molar-refractivity contribution is 6.32. The highest BCUT2D eigenvalue weighted by atomic mass is 35.5. The summed E-state index contributed by atoms with van der Waals surface area (Å²) in [6.07, 6.45) is 0. The van der Waals surface area contributed by atoms with Crippen LogP contribution in [0.4, 0.5) is 5.82 Å². The molecule has 0 fully saturated rings.